The van der Waals surface area contributed by atoms with E-state index in [0.717, 1.165) is 20.8 Å². The van der Waals surface area contributed by atoms with Gasteiger partial charge >= 0.3 is 0 Å². The summed E-state index contributed by atoms with van der Waals surface area (Å²) in [5.41, 5.74) is 3.10. The molecule has 0 aliphatic rings. The highest BCUT2D eigenvalue weighted by molar-refractivity contribution is 7.18. The molecule has 1 amide bonds. The van der Waals surface area contributed by atoms with Gasteiger partial charge in [-0.3, -0.25) is 4.79 Å². The van der Waals surface area contributed by atoms with E-state index in [0.29, 0.717) is 29.5 Å². The first-order valence-electron chi connectivity index (χ1n) is 8.89. The normalized spacial score (nSPS) is 11.1. The Bertz CT molecular complexity index is 1100. The van der Waals surface area contributed by atoms with Crippen LogP contribution in [0.3, 0.4) is 0 Å². The highest BCUT2D eigenvalue weighted by Crippen LogP contribution is 2.25. The Morgan fingerprint density at radius 3 is 2.61 bits per heavy atom. The van der Waals surface area contributed by atoms with Gasteiger partial charge in [-0.25, -0.2) is 9.67 Å². The van der Waals surface area contributed by atoms with Crippen molar-refractivity contribution in [3.63, 3.8) is 0 Å². The maximum Gasteiger partial charge on any atom is 0.259 e. The van der Waals surface area contributed by atoms with Crippen LogP contribution in [0.25, 0.3) is 10.2 Å². The van der Waals surface area contributed by atoms with Crippen molar-refractivity contribution in [1.82, 2.24) is 19.7 Å². The SMILES string of the molecule is Cc1nn(Cc2ccccc2)c(Cl)c1C(=O)N(C)Cc1nc2ccccc2s1. The fraction of sp³-hybridized carbons (Fsp3) is 0.190. The molecular formula is C21H19ClN4OS. The summed E-state index contributed by atoms with van der Waals surface area (Å²) in [7, 11) is 1.76. The number of hydrogen-bond acceptors (Lipinski definition) is 4. The van der Waals surface area contributed by atoms with Crippen LogP contribution in [0.2, 0.25) is 5.15 Å². The van der Waals surface area contributed by atoms with Gasteiger partial charge in [-0.15, -0.1) is 11.3 Å². The quantitative estimate of drug-likeness (QED) is 0.476. The molecule has 0 atom stereocenters. The number of para-hydroxylation sites is 1. The molecule has 0 N–H and O–H groups in total. The third-order valence-electron chi connectivity index (χ3n) is 4.51. The van der Waals surface area contributed by atoms with Crippen molar-refractivity contribution in [2.24, 2.45) is 0 Å². The predicted octanol–water partition coefficient (Wildman–Crippen LogP) is 4.78. The minimum Gasteiger partial charge on any atom is -0.335 e. The van der Waals surface area contributed by atoms with E-state index < -0.39 is 0 Å². The third kappa shape index (κ3) is 3.66. The maximum absolute atomic E-state index is 13.0. The van der Waals surface area contributed by atoms with E-state index in [4.69, 9.17) is 11.6 Å². The first-order valence-corrected chi connectivity index (χ1v) is 10.1. The largest absolute Gasteiger partial charge is 0.335 e. The van der Waals surface area contributed by atoms with Gasteiger partial charge in [0, 0.05) is 7.05 Å². The Morgan fingerprint density at radius 1 is 1.14 bits per heavy atom. The number of aryl methyl sites for hydroxylation is 1. The van der Waals surface area contributed by atoms with Gasteiger partial charge in [-0.2, -0.15) is 5.10 Å². The second-order valence-electron chi connectivity index (χ2n) is 6.63. The number of fused-ring (bicyclic) bond motifs is 1. The van der Waals surface area contributed by atoms with E-state index in [1.54, 1.807) is 28.0 Å². The molecule has 2 heterocycles. The summed E-state index contributed by atoms with van der Waals surface area (Å²) in [6, 6.07) is 17.9. The lowest BCUT2D eigenvalue weighted by atomic mass is 10.2. The highest BCUT2D eigenvalue weighted by Gasteiger charge is 2.24. The van der Waals surface area contributed by atoms with Gasteiger partial charge in [0.05, 0.1) is 34.6 Å². The zero-order valence-corrected chi connectivity index (χ0v) is 17.2. The van der Waals surface area contributed by atoms with Crippen molar-refractivity contribution in [3.8, 4) is 0 Å². The van der Waals surface area contributed by atoms with Crippen LogP contribution in [0.4, 0.5) is 0 Å². The molecule has 0 radical (unpaired) electrons. The number of carbonyl (C=O) groups excluding carboxylic acids is 1. The number of nitrogens with zero attached hydrogens (tertiary/aromatic N) is 4. The molecule has 0 aliphatic heterocycles. The minimum atomic E-state index is -0.152. The summed E-state index contributed by atoms with van der Waals surface area (Å²) in [4.78, 5) is 19.3. The summed E-state index contributed by atoms with van der Waals surface area (Å²) in [6.07, 6.45) is 0. The van der Waals surface area contributed by atoms with Crippen molar-refractivity contribution >= 4 is 39.1 Å². The van der Waals surface area contributed by atoms with Gasteiger partial charge in [-0.05, 0) is 24.6 Å². The maximum atomic E-state index is 13.0. The topological polar surface area (TPSA) is 51.0 Å². The molecule has 4 aromatic rings. The molecule has 0 saturated heterocycles. The van der Waals surface area contributed by atoms with Crippen molar-refractivity contribution in [2.45, 2.75) is 20.0 Å². The summed E-state index contributed by atoms with van der Waals surface area (Å²) in [5.74, 6) is -0.152. The number of halogens is 1. The molecule has 0 fully saturated rings. The highest BCUT2D eigenvalue weighted by atomic mass is 35.5. The first-order chi connectivity index (χ1) is 13.5. The van der Waals surface area contributed by atoms with Crippen LogP contribution in [0.1, 0.15) is 26.6 Å². The van der Waals surface area contributed by atoms with Crippen LogP contribution in [0.15, 0.2) is 54.6 Å². The Balaban J connectivity index is 1.55. The average molecular weight is 411 g/mol. The summed E-state index contributed by atoms with van der Waals surface area (Å²) < 4.78 is 2.79. The molecule has 142 valence electrons. The molecule has 0 saturated carbocycles. The van der Waals surface area contributed by atoms with E-state index in [9.17, 15) is 4.79 Å². The van der Waals surface area contributed by atoms with Gasteiger partial charge in [0.25, 0.3) is 5.91 Å². The van der Waals surface area contributed by atoms with Crippen LogP contribution in [0.5, 0.6) is 0 Å². The van der Waals surface area contributed by atoms with Gasteiger partial charge < -0.3 is 4.90 Å². The fourth-order valence-electron chi connectivity index (χ4n) is 3.11. The van der Waals surface area contributed by atoms with Gasteiger partial charge in [0.1, 0.15) is 10.2 Å². The lowest BCUT2D eigenvalue weighted by Crippen LogP contribution is -2.26. The van der Waals surface area contributed by atoms with E-state index in [1.165, 1.54) is 0 Å². The zero-order valence-electron chi connectivity index (χ0n) is 15.6. The van der Waals surface area contributed by atoms with E-state index in [2.05, 4.69) is 10.1 Å². The standard InChI is InChI=1S/C21H19ClN4OS/c1-14-19(20(22)26(24-14)12-15-8-4-3-5-9-15)21(27)25(2)13-18-23-16-10-6-7-11-17(16)28-18/h3-11H,12-13H2,1-2H3. The Morgan fingerprint density at radius 2 is 1.86 bits per heavy atom. The minimum absolute atomic E-state index is 0.152. The van der Waals surface area contributed by atoms with Crippen LogP contribution in [-0.4, -0.2) is 32.6 Å². The summed E-state index contributed by atoms with van der Waals surface area (Å²) in [5, 5.41) is 5.73. The van der Waals surface area contributed by atoms with Crippen molar-refractivity contribution in [2.75, 3.05) is 7.05 Å². The Hall–Kier alpha value is -2.70. The third-order valence-corrected chi connectivity index (χ3v) is 5.92. The second-order valence-corrected chi connectivity index (χ2v) is 8.10. The van der Waals surface area contributed by atoms with Crippen LogP contribution < -0.4 is 0 Å². The number of aromatic nitrogens is 3. The molecule has 5 nitrogen and oxygen atoms in total. The monoisotopic (exact) mass is 410 g/mol. The number of benzene rings is 2. The van der Waals surface area contributed by atoms with E-state index in [-0.39, 0.29) is 5.91 Å². The second kappa shape index (κ2) is 7.73. The molecule has 7 heteroatoms. The van der Waals surface area contributed by atoms with Gasteiger partial charge in [-0.1, -0.05) is 54.1 Å². The number of amides is 1. The van der Waals surface area contributed by atoms with E-state index >= 15 is 0 Å². The van der Waals surface area contributed by atoms with Crippen molar-refractivity contribution in [3.05, 3.63) is 81.6 Å². The lowest BCUT2D eigenvalue weighted by molar-refractivity contribution is 0.0784. The van der Waals surface area contributed by atoms with E-state index in [1.807, 2.05) is 61.5 Å². The number of rotatable bonds is 5. The number of hydrogen-bond donors (Lipinski definition) is 0. The molecule has 0 spiro atoms. The molecule has 2 aromatic carbocycles. The average Bonchev–Trinajstić information content (AvgIpc) is 3.22. The molecule has 28 heavy (non-hydrogen) atoms. The molecular weight excluding hydrogens is 392 g/mol. The van der Waals surface area contributed by atoms with Crippen molar-refractivity contribution in [1.29, 1.82) is 0 Å². The van der Waals surface area contributed by atoms with Gasteiger partial charge in [0.2, 0.25) is 0 Å². The summed E-state index contributed by atoms with van der Waals surface area (Å²) in [6.45, 7) is 2.76. The van der Waals surface area contributed by atoms with Crippen LogP contribution in [0, 0.1) is 6.92 Å². The molecule has 0 unspecified atom stereocenters. The number of thiazole rings is 1. The Kier molecular flexibility index (Phi) is 5.15. The van der Waals surface area contributed by atoms with Crippen molar-refractivity contribution < 1.29 is 4.79 Å². The molecule has 2 aromatic heterocycles. The number of carbonyl (C=O) groups is 1. The Labute approximate surface area is 172 Å². The first kappa shape index (κ1) is 18.7. The molecule has 4 rings (SSSR count). The fourth-order valence-corrected chi connectivity index (χ4v) is 4.45. The predicted molar refractivity (Wildman–Crippen MR) is 113 cm³/mol. The lowest BCUT2D eigenvalue weighted by Gasteiger charge is -2.15. The van der Waals surface area contributed by atoms with Crippen LogP contribution >= 0.6 is 22.9 Å². The summed E-state index contributed by atoms with van der Waals surface area (Å²) >= 11 is 8.12. The van der Waals surface area contributed by atoms with Gasteiger partial charge in [0.15, 0.2) is 0 Å². The van der Waals surface area contributed by atoms with Crippen LogP contribution in [-0.2, 0) is 13.1 Å². The zero-order chi connectivity index (χ0) is 19.7. The smallest absolute Gasteiger partial charge is 0.259 e. The molecule has 0 bridgehead atoms. The molecule has 0 aliphatic carbocycles.